The molecule has 0 radical (unpaired) electrons. The van der Waals surface area contributed by atoms with Crippen molar-refractivity contribution in [1.82, 2.24) is 0 Å². The van der Waals surface area contributed by atoms with E-state index in [1.807, 2.05) is 0 Å². The molecule has 1 N–H and O–H groups in total. The molecule has 22 heavy (non-hydrogen) atoms. The number of nitrogens with zero attached hydrogens (tertiary/aromatic N) is 2. The average molecular weight is 322 g/mol. The van der Waals surface area contributed by atoms with Gasteiger partial charge in [-0.3, -0.25) is 9.98 Å². The molecule has 1 aromatic heterocycles. The number of methoxy groups -OCH3 is 3. The number of rotatable bonds is 6. The molecule has 0 aliphatic carbocycles. The molecule has 0 bridgehead atoms. The highest BCUT2D eigenvalue weighted by atomic mass is 32.1. The molecule has 0 aliphatic rings. The minimum absolute atomic E-state index is 0.505. The molecular weight excluding hydrogens is 304 g/mol. The SMILES string of the molecule is C=Nc1c(N=CC)c(OC)c2cc(C(O)OC)sc2c1OC. The molecule has 2 aromatic rings. The maximum Gasteiger partial charge on any atom is 0.190 e. The van der Waals surface area contributed by atoms with E-state index in [1.54, 1.807) is 33.4 Å². The van der Waals surface area contributed by atoms with Crippen LogP contribution < -0.4 is 9.47 Å². The highest BCUT2D eigenvalue weighted by Crippen LogP contribution is 2.53. The number of aliphatic imine (C=N–C) groups is 2. The zero-order valence-corrected chi connectivity index (χ0v) is 13.7. The average Bonchev–Trinajstić information content (AvgIpc) is 2.97. The zero-order valence-electron chi connectivity index (χ0n) is 12.9. The number of benzene rings is 1. The van der Waals surface area contributed by atoms with Crippen molar-refractivity contribution < 1.29 is 19.3 Å². The van der Waals surface area contributed by atoms with E-state index in [9.17, 15) is 5.11 Å². The smallest absolute Gasteiger partial charge is 0.190 e. The van der Waals surface area contributed by atoms with Crippen LogP contribution in [-0.2, 0) is 4.74 Å². The molecule has 118 valence electrons. The van der Waals surface area contributed by atoms with Crippen LogP contribution in [0.25, 0.3) is 10.1 Å². The fourth-order valence-electron chi connectivity index (χ4n) is 2.23. The van der Waals surface area contributed by atoms with E-state index in [4.69, 9.17) is 14.2 Å². The Morgan fingerprint density at radius 2 is 1.91 bits per heavy atom. The Balaban J connectivity index is 2.92. The van der Waals surface area contributed by atoms with E-state index in [0.29, 0.717) is 27.8 Å². The van der Waals surface area contributed by atoms with Crippen LogP contribution in [-0.4, -0.2) is 39.4 Å². The van der Waals surface area contributed by atoms with Crippen molar-refractivity contribution in [2.24, 2.45) is 9.98 Å². The van der Waals surface area contributed by atoms with Gasteiger partial charge in [-0.15, -0.1) is 11.3 Å². The Hall–Kier alpha value is -1.96. The van der Waals surface area contributed by atoms with Crippen LogP contribution in [0.4, 0.5) is 11.4 Å². The Labute approximate surface area is 132 Å². The molecule has 0 amide bonds. The van der Waals surface area contributed by atoms with Crippen molar-refractivity contribution in [1.29, 1.82) is 0 Å². The third kappa shape index (κ3) is 2.58. The van der Waals surface area contributed by atoms with Crippen molar-refractivity contribution in [2.45, 2.75) is 13.2 Å². The molecule has 0 aliphatic heterocycles. The van der Waals surface area contributed by atoms with Crippen LogP contribution in [0, 0.1) is 0 Å². The first kappa shape index (κ1) is 16.4. The van der Waals surface area contributed by atoms with E-state index in [2.05, 4.69) is 16.7 Å². The van der Waals surface area contributed by atoms with Gasteiger partial charge in [-0.1, -0.05) is 0 Å². The van der Waals surface area contributed by atoms with Crippen LogP contribution in [0.2, 0.25) is 0 Å². The van der Waals surface area contributed by atoms with Gasteiger partial charge >= 0.3 is 0 Å². The predicted molar refractivity (Wildman–Crippen MR) is 89.9 cm³/mol. The first-order chi connectivity index (χ1) is 10.6. The summed E-state index contributed by atoms with van der Waals surface area (Å²) in [6, 6.07) is 1.80. The van der Waals surface area contributed by atoms with Crippen molar-refractivity contribution in [3.63, 3.8) is 0 Å². The maximum absolute atomic E-state index is 9.90. The van der Waals surface area contributed by atoms with Crippen LogP contribution >= 0.6 is 11.3 Å². The second-order valence-corrected chi connectivity index (χ2v) is 5.37. The molecule has 1 atom stereocenters. The molecular formula is C15H18N2O4S. The van der Waals surface area contributed by atoms with Gasteiger partial charge in [0, 0.05) is 18.7 Å². The third-order valence-electron chi connectivity index (χ3n) is 3.15. The van der Waals surface area contributed by atoms with Crippen molar-refractivity contribution in [3.05, 3.63) is 10.9 Å². The number of thiophene rings is 1. The lowest BCUT2D eigenvalue weighted by Gasteiger charge is -2.13. The molecule has 0 saturated carbocycles. The first-order valence-electron chi connectivity index (χ1n) is 6.50. The van der Waals surface area contributed by atoms with Gasteiger partial charge in [0.1, 0.15) is 11.4 Å². The highest BCUT2D eigenvalue weighted by molar-refractivity contribution is 7.19. The molecule has 0 saturated heterocycles. The van der Waals surface area contributed by atoms with Gasteiger partial charge < -0.3 is 19.3 Å². The summed E-state index contributed by atoms with van der Waals surface area (Å²) < 4.78 is 16.8. The number of aliphatic hydroxyl groups excluding tert-OH is 1. The van der Waals surface area contributed by atoms with Gasteiger partial charge in [0.2, 0.25) is 0 Å². The summed E-state index contributed by atoms with van der Waals surface area (Å²) in [5.74, 6) is 1.10. The standard InChI is InChI=1S/C15H18N2O4S/c1-6-17-11-10(16-2)13(20-4)14-8(12(11)19-3)7-9(22-14)15(18)21-5/h6-7,15,18H,2H2,1,3-5H3. The van der Waals surface area contributed by atoms with Crippen LogP contribution in [0.15, 0.2) is 16.1 Å². The summed E-state index contributed by atoms with van der Waals surface area (Å²) in [7, 11) is 4.56. The summed E-state index contributed by atoms with van der Waals surface area (Å²) >= 11 is 1.35. The fourth-order valence-corrected chi connectivity index (χ4v) is 3.37. The van der Waals surface area contributed by atoms with E-state index in [-0.39, 0.29) is 0 Å². The lowest BCUT2D eigenvalue weighted by atomic mass is 10.1. The molecule has 1 heterocycles. The fraction of sp³-hybridized carbons (Fsp3) is 0.333. The number of aliphatic hydroxyl groups is 1. The van der Waals surface area contributed by atoms with E-state index < -0.39 is 6.29 Å². The van der Waals surface area contributed by atoms with Gasteiger partial charge in [-0.05, 0) is 19.7 Å². The number of fused-ring (bicyclic) bond motifs is 1. The summed E-state index contributed by atoms with van der Waals surface area (Å²) in [4.78, 5) is 9.01. The van der Waals surface area contributed by atoms with Crippen LogP contribution in [0.5, 0.6) is 11.5 Å². The number of hydrogen-bond donors (Lipinski definition) is 1. The van der Waals surface area contributed by atoms with Gasteiger partial charge in [-0.25, -0.2) is 0 Å². The lowest BCUT2D eigenvalue weighted by molar-refractivity contribution is -0.0742. The van der Waals surface area contributed by atoms with Crippen molar-refractivity contribution in [2.75, 3.05) is 21.3 Å². The second kappa shape index (κ2) is 6.87. The number of hydrogen-bond acceptors (Lipinski definition) is 7. The summed E-state index contributed by atoms with van der Waals surface area (Å²) in [5.41, 5.74) is 1.05. The normalized spacial score (nSPS) is 12.8. The minimum atomic E-state index is -1.01. The minimum Gasteiger partial charge on any atom is -0.494 e. The number of ether oxygens (including phenoxy) is 3. The van der Waals surface area contributed by atoms with Crippen molar-refractivity contribution in [3.8, 4) is 11.5 Å². The van der Waals surface area contributed by atoms with E-state index in [1.165, 1.54) is 18.4 Å². The van der Waals surface area contributed by atoms with Gasteiger partial charge in [-0.2, -0.15) is 0 Å². The second-order valence-electron chi connectivity index (χ2n) is 4.29. The molecule has 0 spiro atoms. The van der Waals surface area contributed by atoms with Gasteiger partial charge in [0.05, 0.1) is 23.8 Å². The molecule has 7 heteroatoms. The van der Waals surface area contributed by atoms with E-state index >= 15 is 0 Å². The largest absolute Gasteiger partial charge is 0.494 e. The molecule has 2 rings (SSSR count). The van der Waals surface area contributed by atoms with Gasteiger partial charge in [0.15, 0.2) is 17.8 Å². The van der Waals surface area contributed by atoms with E-state index in [0.717, 1.165) is 10.1 Å². The summed E-state index contributed by atoms with van der Waals surface area (Å²) in [6.45, 7) is 5.40. The first-order valence-corrected chi connectivity index (χ1v) is 7.32. The molecule has 1 unspecified atom stereocenters. The molecule has 6 nitrogen and oxygen atoms in total. The monoisotopic (exact) mass is 322 g/mol. The Morgan fingerprint density at radius 1 is 1.23 bits per heavy atom. The Morgan fingerprint density at radius 3 is 2.41 bits per heavy atom. The topological polar surface area (TPSA) is 72.6 Å². The zero-order chi connectivity index (χ0) is 16.3. The van der Waals surface area contributed by atoms with Crippen molar-refractivity contribution >= 4 is 45.7 Å². The molecule has 1 aromatic carbocycles. The van der Waals surface area contributed by atoms with Gasteiger partial charge in [0.25, 0.3) is 0 Å². The molecule has 0 fully saturated rings. The lowest BCUT2D eigenvalue weighted by Crippen LogP contribution is -1.95. The van der Waals surface area contributed by atoms with Crippen LogP contribution in [0.3, 0.4) is 0 Å². The maximum atomic E-state index is 9.90. The Kier molecular flexibility index (Phi) is 5.12. The van der Waals surface area contributed by atoms with Crippen LogP contribution in [0.1, 0.15) is 18.1 Å². The summed E-state index contributed by atoms with van der Waals surface area (Å²) in [6.07, 6.45) is 0.639. The predicted octanol–water partition coefficient (Wildman–Crippen LogP) is 3.61. The summed E-state index contributed by atoms with van der Waals surface area (Å²) in [5, 5.41) is 10.7. The Bertz CT molecular complexity index is 724. The third-order valence-corrected chi connectivity index (χ3v) is 4.31. The quantitative estimate of drug-likeness (QED) is 0.651. The highest BCUT2D eigenvalue weighted by Gasteiger charge is 2.24.